The van der Waals surface area contributed by atoms with Crippen molar-refractivity contribution in [2.75, 3.05) is 19.6 Å². The molecule has 1 saturated carbocycles. The fraction of sp³-hybridized carbons (Fsp3) is 0.417. The average molecular weight is 420 g/mol. The van der Waals surface area contributed by atoms with Crippen LogP contribution >= 0.6 is 11.3 Å². The van der Waals surface area contributed by atoms with Crippen molar-refractivity contribution in [2.24, 2.45) is 5.92 Å². The van der Waals surface area contributed by atoms with Gasteiger partial charge in [-0.2, -0.15) is 0 Å². The minimum Gasteiger partial charge on any atom is -0.431 e. The average Bonchev–Trinajstić information content (AvgIpc) is 3.24. The molecule has 2 aliphatic heterocycles. The highest BCUT2D eigenvalue weighted by Crippen LogP contribution is 2.37. The van der Waals surface area contributed by atoms with Gasteiger partial charge in [-0.15, -0.1) is 0 Å². The summed E-state index contributed by atoms with van der Waals surface area (Å²) in [6.45, 7) is 3.04. The number of rotatable bonds is 6. The number of carbonyl (C=O) groups excluding carboxylic acids is 1. The molecular weight excluding hydrogens is 394 g/mol. The van der Waals surface area contributed by atoms with Crippen LogP contribution in [0.4, 0.5) is 0 Å². The molecule has 6 heteroatoms. The zero-order valence-corrected chi connectivity index (χ0v) is 17.7. The quantitative estimate of drug-likeness (QED) is 0.597. The van der Waals surface area contributed by atoms with Crippen LogP contribution in [0.25, 0.3) is 10.2 Å². The minimum absolute atomic E-state index is 0.348. The van der Waals surface area contributed by atoms with E-state index < -0.39 is 0 Å². The van der Waals surface area contributed by atoms with E-state index in [0.29, 0.717) is 29.1 Å². The van der Waals surface area contributed by atoms with Crippen molar-refractivity contribution < 1.29 is 9.53 Å². The number of carbonyl (C=O) groups is 1. The number of thiazole rings is 1. The lowest BCUT2D eigenvalue weighted by molar-refractivity contribution is -0.134. The van der Waals surface area contributed by atoms with Crippen LogP contribution in [0.5, 0.6) is 10.9 Å². The molecule has 5 nitrogen and oxygen atoms in total. The molecule has 0 radical (unpaired) electrons. The Labute approximate surface area is 180 Å². The van der Waals surface area contributed by atoms with Crippen LogP contribution in [0, 0.1) is 5.92 Å². The molecule has 1 aromatic heterocycles. The zero-order valence-electron chi connectivity index (χ0n) is 16.9. The maximum Gasteiger partial charge on any atom is 0.279 e. The molecule has 1 aliphatic carbocycles. The zero-order chi connectivity index (χ0) is 20.1. The van der Waals surface area contributed by atoms with Gasteiger partial charge in [0.05, 0.1) is 10.2 Å². The topological polar surface area (TPSA) is 45.7 Å². The van der Waals surface area contributed by atoms with Crippen molar-refractivity contribution in [3.8, 4) is 10.9 Å². The third-order valence-electron chi connectivity index (χ3n) is 6.65. The number of nitrogens with zero attached hydrogens (tertiary/aromatic N) is 3. The number of hydrogen-bond donors (Lipinski definition) is 0. The van der Waals surface area contributed by atoms with E-state index in [0.717, 1.165) is 61.3 Å². The molecule has 2 saturated heterocycles. The molecule has 0 spiro atoms. The van der Waals surface area contributed by atoms with Gasteiger partial charge < -0.3 is 9.64 Å². The van der Waals surface area contributed by atoms with Crippen LogP contribution in [0.15, 0.2) is 48.5 Å². The highest BCUT2D eigenvalue weighted by atomic mass is 32.1. The van der Waals surface area contributed by atoms with E-state index in [1.807, 2.05) is 30.3 Å². The van der Waals surface area contributed by atoms with Gasteiger partial charge in [0.1, 0.15) is 5.75 Å². The lowest BCUT2D eigenvalue weighted by atomic mass is 10.1. The summed E-state index contributed by atoms with van der Waals surface area (Å²) in [5, 5.41) is 0.683. The maximum atomic E-state index is 12.4. The fourth-order valence-electron chi connectivity index (χ4n) is 4.85. The molecule has 1 amide bonds. The number of piperazine rings is 1. The normalized spacial score (nSPS) is 23.4. The Morgan fingerprint density at radius 1 is 1.07 bits per heavy atom. The van der Waals surface area contributed by atoms with E-state index in [-0.39, 0.29) is 0 Å². The lowest BCUT2D eigenvalue weighted by Crippen LogP contribution is -2.49. The summed E-state index contributed by atoms with van der Waals surface area (Å²) in [6, 6.07) is 17.5. The summed E-state index contributed by atoms with van der Waals surface area (Å²) in [7, 11) is 0. The summed E-state index contributed by atoms with van der Waals surface area (Å²) < 4.78 is 7.09. The van der Waals surface area contributed by atoms with E-state index in [9.17, 15) is 4.79 Å². The largest absolute Gasteiger partial charge is 0.431 e. The van der Waals surface area contributed by atoms with Crippen LogP contribution in [-0.2, 0) is 11.2 Å². The number of fused-ring (bicyclic) bond motifs is 3. The van der Waals surface area contributed by atoms with Crippen molar-refractivity contribution in [1.29, 1.82) is 0 Å². The number of amides is 1. The lowest BCUT2D eigenvalue weighted by Gasteiger charge is -2.34. The first kappa shape index (κ1) is 18.3. The molecule has 30 heavy (non-hydrogen) atoms. The second kappa shape index (κ2) is 7.36. The minimum atomic E-state index is 0.348. The standard InChI is InChI=1S/C24H25N3O2S/c28-23(17-7-8-17)27-15-18-13-19(27)14-26(18)12-11-16-5-9-20(10-6-16)29-24-25-21-3-1-2-4-22(21)30-24/h1-6,9-10,17-19H,7-8,11-15H2/t18-,19+/m0/s1. The molecule has 3 aromatic rings. The van der Waals surface area contributed by atoms with Crippen LogP contribution in [0.3, 0.4) is 0 Å². The molecule has 2 atom stereocenters. The van der Waals surface area contributed by atoms with Crippen molar-refractivity contribution >= 4 is 27.5 Å². The third kappa shape index (κ3) is 3.48. The summed E-state index contributed by atoms with van der Waals surface area (Å²) in [5.74, 6) is 1.60. The van der Waals surface area contributed by atoms with Crippen LogP contribution in [0.1, 0.15) is 24.8 Å². The van der Waals surface area contributed by atoms with Crippen molar-refractivity contribution in [3.63, 3.8) is 0 Å². The Hall–Kier alpha value is -2.44. The predicted molar refractivity (Wildman–Crippen MR) is 118 cm³/mol. The number of aromatic nitrogens is 1. The smallest absolute Gasteiger partial charge is 0.279 e. The van der Waals surface area contributed by atoms with E-state index in [1.54, 1.807) is 11.3 Å². The van der Waals surface area contributed by atoms with E-state index in [2.05, 4.69) is 33.0 Å². The molecule has 0 N–H and O–H groups in total. The molecule has 3 fully saturated rings. The van der Waals surface area contributed by atoms with Gasteiger partial charge in [-0.25, -0.2) is 4.98 Å². The van der Waals surface area contributed by atoms with Crippen molar-refractivity contribution in [2.45, 2.75) is 37.8 Å². The van der Waals surface area contributed by atoms with Gasteiger partial charge in [0.2, 0.25) is 5.91 Å². The third-order valence-corrected chi connectivity index (χ3v) is 7.57. The molecule has 3 aliphatic rings. The Balaban J connectivity index is 1.03. The Bertz CT molecular complexity index is 1040. The summed E-state index contributed by atoms with van der Waals surface area (Å²) >= 11 is 1.57. The molecule has 154 valence electrons. The summed E-state index contributed by atoms with van der Waals surface area (Å²) in [4.78, 5) is 21.7. The van der Waals surface area contributed by atoms with Gasteiger partial charge in [0, 0.05) is 37.6 Å². The SMILES string of the molecule is O=C(C1CC1)N1C[C@@H]2C[C@@H]1CN2CCc1ccc(Oc2nc3ccccc3s2)cc1. The van der Waals surface area contributed by atoms with Gasteiger partial charge >= 0.3 is 0 Å². The highest BCUT2D eigenvalue weighted by Gasteiger charge is 2.47. The molecule has 2 aromatic carbocycles. The molecule has 3 heterocycles. The monoisotopic (exact) mass is 419 g/mol. The molecular formula is C24H25N3O2S. The van der Waals surface area contributed by atoms with Gasteiger partial charge in [-0.1, -0.05) is 35.6 Å². The van der Waals surface area contributed by atoms with Crippen LogP contribution in [-0.4, -0.2) is 52.4 Å². The number of benzene rings is 2. The number of hydrogen-bond acceptors (Lipinski definition) is 5. The molecule has 6 rings (SSSR count). The predicted octanol–water partition coefficient (Wildman–Crippen LogP) is 4.33. The Morgan fingerprint density at radius 3 is 2.63 bits per heavy atom. The first-order valence-electron chi connectivity index (χ1n) is 10.9. The first-order chi connectivity index (χ1) is 14.7. The van der Waals surface area contributed by atoms with Gasteiger partial charge in [0.15, 0.2) is 0 Å². The van der Waals surface area contributed by atoms with Crippen molar-refractivity contribution in [1.82, 2.24) is 14.8 Å². The Morgan fingerprint density at radius 2 is 1.90 bits per heavy atom. The number of para-hydroxylation sites is 1. The van der Waals surface area contributed by atoms with E-state index in [1.165, 1.54) is 5.56 Å². The summed E-state index contributed by atoms with van der Waals surface area (Å²) in [5.41, 5.74) is 2.30. The fourth-order valence-corrected chi connectivity index (χ4v) is 5.69. The van der Waals surface area contributed by atoms with E-state index in [4.69, 9.17) is 4.74 Å². The van der Waals surface area contributed by atoms with E-state index >= 15 is 0 Å². The molecule has 2 bridgehead atoms. The van der Waals surface area contributed by atoms with Crippen molar-refractivity contribution in [3.05, 3.63) is 54.1 Å². The van der Waals surface area contributed by atoms with Crippen LogP contribution in [0.2, 0.25) is 0 Å². The summed E-state index contributed by atoms with van der Waals surface area (Å²) in [6.07, 6.45) is 4.40. The number of ether oxygens (including phenoxy) is 1. The first-order valence-corrected chi connectivity index (χ1v) is 11.7. The van der Waals surface area contributed by atoms with Crippen LogP contribution < -0.4 is 4.74 Å². The van der Waals surface area contributed by atoms with Gasteiger partial charge in [0.25, 0.3) is 5.19 Å². The second-order valence-electron chi connectivity index (χ2n) is 8.75. The maximum absolute atomic E-state index is 12.4. The Kier molecular flexibility index (Phi) is 4.50. The second-order valence-corrected chi connectivity index (χ2v) is 9.74. The highest BCUT2D eigenvalue weighted by molar-refractivity contribution is 7.20. The van der Waals surface area contributed by atoms with Gasteiger partial charge in [-0.3, -0.25) is 9.69 Å². The molecule has 0 unspecified atom stereocenters. The van der Waals surface area contributed by atoms with Gasteiger partial charge in [-0.05, 0) is 55.5 Å². The number of likely N-dealkylation sites (tertiary alicyclic amines) is 2.